The number of carbonyl (C=O) groups is 1. The molecule has 0 unspecified atom stereocenters. The third-order valence-corrected chi connectivity index (χ3v) is 8.35. The van der Waals surface area contributed by atoms with Crippen LogP contribution in [0.5, 0.6) is 5.75 Å². The molecule has 0 bridgehead atoms. The van der Waals surface area contributed by atoms with E-state index in [9.17, 15) is 23.1 Å². The lowest BCUT2D eigenvalue weighted by Crippen LogP contribution is -2.43. The number of hydrogen-bond acceptors (Lipinski definition) is 6. The number of imidazole rings is 1. The summed E-state index contributed by atoms with van der Waals surface area (Å²) < 4.78 is 48.6. The van der Waals surface area contributed by atoms with E-state index in [4.69, 9.17) is 4.74 Å². The molecule has 5 rings (SSSR count). The number of hydrogen-bond donors (Lipinski definition) is 1. The first-order chi connectivity index (χ1) is 18.5. The van der Waals surface area contributed by atoms with Crippen molar-refractivity contribution in [3.05, 3.63) is 75.9 Å². The summed E-state index contributed by atoms with van der Waals surface area (Å²) in [6, 6.07) is 11.2. The summed E-state index contributed by atoms with van der Waals surface area (Å²) in [5.41, 5.74) is 2.36. The number of thiophene rings is 1. The van der Waals surface area contributed by atoms with Crippen LogP contribution in [-0.2, 0) is 12.7 Å². The number of piperazine rings is 1. The van der Waals surface area contributed by atoms with Crippen molar-refractivity contribution in [3.8, 4) is 10.8 Å². The fourth-order valence-electron chi connectivity index (χ4n) is 4.93. The van der Waals surface area contributed by atoms with Gasteiger partial charge in [-0.05, 0) is 44.7 Å². The third-order valence-electron chi connectivity index (χ3n) is 7.09. The molecule has 0 amide bonds. The minimum Gasteiger partial charge on any atom is -0.484 e. The molecule has 2 aromatic heterocycles. The summed E-state index contributed by atoms with van der Waals surface area (Å²) >= 11 is 1.02. The van der Waals surface area contributed by atoms with Gasteiger partial charge in [0.25, 0.3) is 0 Å². The van der Waals surface area contributed by atoms with Gasteiger partial charge >= 0.3 is 12.1 Å². The third kappa shape index (κ3) is 5.52. The monoisotopic (exact) mass is 558 g/mol. The average Bonchev–Trinajstić information content (AvgIpc) is 3.45. The van der Waals surface area contributed by atoms with Crippen molar-refractivity contribution in [3.63, 3.8) is 0 Å². The van der Waals surface area contributed by atoms with Crippen molar-refractivity contribution in [1.29, 1.82) is 0 Å². The summed E-state index contributed by atoms with van der Waals surface area (Å²) in [5.74, 6) is -1.15. The fraction of sp³-hybridized carbons (Fsp3) is 0.357. The Labute approximate surface area is 228 Å². The van der Waals surface area contributed by atoms with Crippen molar-refractivity contribution in [2.24, 2.45) is 0 Å². The first kappa shape index (κ1) is 27.2. The number of aromatic carboxylic acids is 1. The summed E-state index contributed by atoms with van der Waals surface area (Å²) in [6.07, 6.45) is -3.95. The van der Waals surface area contributed by atoms with Gasteiger partial charge in [0, 0.05) is 43.9 Å². The normalized spacial score (nSPS) is 16.1. The van der Waals surface area contributed by atoms with Crippen molar-refractivity contribution < 1.29 is 27.8 Å². The lowest BCUT2D eigenvalue weighted by Gasteiger charge is -2.32. The van der Waals surface area contributed by atoms with Gasteiger partial charge in [0.15, 0.2) is 10.6 Å². The Hall–Kier alpha value is -3.41. The van der Waals surface area contributed by atoms with E-state index in [1.807, 2.05) is 10.6 Å². The summed E-state index contributed by atoms with van der Waals surface area (Å²) in [4.78, 5) is 21.3. The largest absolute Gasteiger partial charge is 0.484 e. The van der Waals surface area contributed by atoms with Crippen molar-refractivity contribution in [1.82, 2.24) is 19.4 Å². The van der Waals surface area contributed by atoms with Crippen LogP contribution in [0.2, 0.25) is 0 Å². The molecular formula is C28H29F3N4O3S. The van der Waals surface area contributed by atoms with Gasteiger partial charge in [0.05, 0.1) is 16.6 Å². The van der Waals surface area contributed by atoms with E-state index in [-0.39, 0.29) is 16.2 Å². The van der Waals surface area contributed by atoms with Gasteiger partial charge < -0.3 is 14.7 Å². The zero-order chi connectivity index (χ0) is 27.9. The van der Waals surface area contributed by atoms with Crippen LogP contribution in [-0.4, -0.2) is 63.7 Å². The smallest absolute Gasteiger partial charge is 0.416 e. The van der Waals surface area contributed by atoms with Gasteiger partial charge in [-0.25, -0.2) is 9.78 Å². The van der Waals surface area contributed by atoms with Gasteiger partial charge in [0.2, 0.25) is 0 Å². The number of fused-ring (bicyclic) bond motifs is 1. The molecule has 0 radical (unpaired) electrons. The van der Waals surface area contributed by atoms with Crippen LogP contribution in [0.3, 0.4) is 0 Å². The van der Waals surface area contributed by atoms with Crippen LogP contribution < -0.4 is 4.74 Å². The number of alkyl halides is 3. The van der Waals surface area contributed by atoms with E-state index >= 15 is 0 Å². The predicted octanol–water partition coefficient (Wildman–Crippen LogP) is 6.00. The maximum absolute atomic E-state index is 13.6. The summed E-state index contributed by atoms with van der Waals surface area (Å²) in [5, 5.41) is 10.5. The van der Waals surface area contributed by atoms with E-state index in [0.717, 1.165) is 66.7 Å². The quantitative estimate of drug-likeness (QED) is 0.300. The Morgan fingerprint density at radius 1 is 1.15 bits per heavy atom. The standard InChI is InChI=1S/C28H29F3N4O3S/c1-17-24(38-18(2)20-6-4-5-7-21(20)28(29,30)31)25(27(36)37)39-26(17)35-16-32-22-9-8-19(14-23(22)35)15-34-12-10-33(3)11-13-34/h4-9,14,16,18H,10-13,15H2,1-3H3,(H,36,37)/t18-/m1/s1. The Bertz CT molecular complexity index is 1510. The minimum absolute atomic E-state index is 0.0578. The number of halogens is 3. The van der Waals surface area contributed by atoms with Crippen molar-refractivity contribution in [2.75, 3.05) is 33.2 Å². The Morgan fingerprint density at radius 3 is 2.56 bits per heavy atom. The molecule has 11 heteroatoms. The molecule has 1 aliphatic heterocycles. The van der Waals surface area contributed by atoms with Crippen LogP contribution in [0.1, 0.15) is 45.0 Å². The topological polar surface area (TPSA) is 70.8 Å². The highest BCUT2D eigenvalue weighted by atomic mass is 32.1. The predicted molar refractivity (Wildman–Crippen MR) is 144 cm³/mol. The van der Waals surface area contributed by atoms with Crippen molar-refractivity contribution in [2.45, 2.75) is 32.7 Å². The Balaban J connectivity index is 1.49. The second-order valence-corrected chi connectivity index (χ2v) is 10.9. The van der Waals surface area contributed by atoms with Crippen LogP contribution in [0.25, 0.3) is 16.0 Å². The van der Waals surface area contributed by atoms with E-state index in [2.05, 4.69) is 34.0 Å². The zero-order valence-electron chi connectivity index (χ0n) is 21.8. The molecule has 1 saturated heterocycles. The average molecular weight is 559 g/mol. The van der Waals surface area contributed by atoms with Gasteiger partial charge in [-0.1, -0.05) is 24.3 Å². The number of benzene rings is 2. The molecule has 0 spiro atoms. The molecular weight excluding hydrogens is 529 g/mol. The van der Waals surface area contributed by atoms with Gasteiger partial charge in [-0.2, -0.15) is 13.2 Å². The SMILES string of the molecule is Cc1c(-n2cnc3ccc(CN4CCN(C)CC4)cc32)sc(C(=O)O)c1O[C@H](C)c1ccccc1C(F)(F)F. The zero-order valence-corrected chi connectivity index (χ0v) is 22.6. The van der Waals surface area contributed by atoms with Crippen LogP contribution in [0.4, 0.5) is 13.2 Å². The second-order valence-electron chi connectivity index (χ2n) is 9.86. The maximum atomic E-state index is 13.6. The molecule has 206 valence electrons. The molecule has 1 aliphatic rings. The van der Waals surface area contributed by atoms with E-state index in [0.29, 0.717) is 10.6 Å². The molecule has 0 saturated carbocycles. The number of rotatable bonds is 7. The summed E-state index contributed by atoms with van der Waals surface area (Å²) in [7, 11) is 2.12. The molecule has 0 aliphatic carbocycles. The molecule has 4 aromatic rings. The maximum Gasteiger partial charge on any atom is 0.416 e. The number of carboxylic acid groups (broad SMARTS) is 1. The molecule has 7 nitrogen and oxygen atoms in total. The molecule has 39 heavy (non-hydrogen) atoms. The Kier molecular flexibility index (Phi) is 7.41. The highest BCUT2D eigenvalue weighted by molar-refractivity contribution is 7.17. The highest BCUT2D eigenvalue weighted by Crippen LogP contribution is 2.42. The minimum atomic E-state index is -4.56. The van der Waals surface area contributed by atoms with E-state index in [1.165, 1.54) is 25.1 Å². The lowest BCUT2D eigenvalue weighted by atomic mass is 10.0. The lowest BCUT2D eigenvalue weighted by molar-refractivity contribution is -0.139. The first-order valence-corrected chi connectivity index (χ1v) is 13.4. The second kappa shape index (κ2) is 10.6. The van der Waals surface area contributed by atoms with Crippen LogP contribution in [0.15, 0.2) is 48.8 Å². The summed E-state index contributed by atoms with van der Waals surface area (Å²) in [6.45, 7) is 8.00. The molecule has 1 atom stereocenters. The number of carboxylic acids is 1. The fourth-order valence-corrected chi connectivity index (χ4v) is 5.99. The number of aromatic nitrogens is 2. The number of likely N-dealkylation sites (N-methyl/N-ethyl adjacent to an activating group) is 1. The molecule has 1 N–H and O–H groups in total. The van der Waals surface area contributed by atoms with Gasteiger partial charge in [-0.3, -0.25) is 9.47 Å². The van der Waals surface area contributed by atoms with Crippen molar-refractivity contribution >= 4 is 28.3 Å². The van der Waals surface area contributed by atoms with E-state index < -0.39 is 23.8 Å². The van der Waals surface area contributed by atoms with Crippen LogP contribution in [0, 0.1) is 6.92 Å². The number of nitrogens with zero attached hydrogens (tertiary/aromatic N) is 4. The molecule has 2 aromatic carbocycles. The molecule has 3 heterocycles. The molecule has 1 fully saturated rings. The van der Waals surface area contributed by atoms with Crippen LogP contribution >= 0.6 is 11.3 Å². The van der Waals surface area contributed by atoms with Gasteiger partial charge in [-0.15, -0.1) is 11.3 Å². The number of ether oxygens (including phenoxy) is 1. The van der Waals surface area contributed by atoms with E-state index in [1.54, 1.807) is 13.3 Å². The first-order valence-electron chi connectivity index (χ1n) is 12.6. The highest BCUT2D eigenvalue weighted by Gasteiger charge is 2.35. The van der Waals surface area contributed by atoms with Gasteiger partial charge in [0.1, 0.15) is 17.4 Å². The Morgan fingerprint density at radius 2 is 1.87 bits per heavy atom.